The van der Waals surface area contributed by atoms with Crippen molar-refractivity contribution in [3.05, 3.63) is 84.1 Å². The number of carbonyl (C=O) groups excluding carboxylic acids is 2. The van der Waals surface area contributed by atoms with Crippen LogP contribution in [0.25, 0.3) is 10.9 Å². The fourth-order valence-electron chi connectivity index (χ4n) is 3.11. The monoisotopic (exact) mass is 430 g/mol. The molecule has 2 heterocycles. The summed E-state index contributed by atoms with van der Waals surface area (Å²) in [6, 6.07) is 20.1. The van der Waals surface area contributed by atoms with Gasteiger partial charge in [-0.2, -0.15) is 5.10 Å². The van der Waals surface area contributed by atoms with Gasteiger partial charge < -0.3 is 10.1 Å². The van der Waals surface area contributed by atoms with E-state index in [0.29, 0.717) is 22.5 Å². The Morgan fingerprint density at radius 2 is 1.75 bits per heavy atom. The van der Waals surface area contributed by atoms with Gasteiger partial charge in [0.2, 0.25) is 0 Å². The van der Waals surface area contributed by atoms with E-state index >= 15 is 0 Å². The van der Waals surface area contributed by atoms with E-state index in [1.807, 2.05) is 67.6 Å². The lowest BCUT2D eigenvalue weighted by Crippen LogP contribution is -2.31. The molecular formula is C23H22N6O3. The summed E-state index contributed by atoms with van der Waals surface area (Å²) in [5.74, 6) is 0.636. The molecule has 32 heavy (non-hydrogen) atoms. The van der Waals surface area contributed by atoms with Crippen LogP contribution in [-0.2, 0) is 11.3 Å². The summed E-state index contributed by atoms with van der Waals surface area (Å²) in [6.07, 6.45) is 0.890. The summed E-state index contributed by atoms with van der Waals surface area (Å²) >= 11 is 0. The number of nitrogens with zero attached hydrogens (tertiary/aromatic N) is 2. The molecule has 4 N–H and O–H groups in total. The molecule has 0 bridgehead atoms. The molecule has 0 aliphatic carbocycles. The topological polar surface area (TPSA) is 121 Å². The van der Waals surface area contributed by atoms with Crippen molar-refractivity contribution in [2.24, 2.45) is 0 Å². The number of anilines is 2. The van der Waals surface area contributed by atoms with Gasteiger partial charge in [0.25, 0.3) is 0 Å². The normalized spacial score (nSPS) is 11.5. The van der Waals surface area contributed by atoms with E-state index in [-0.39, 0.29) is 18.7 Å². The van der Waals surface area contributed by atoms with E-state index in [0.717, 1.165) is 11.1 Å². The van der Waals surface area contributed by atoms with Crippen LogP contribution in [0.4, 0.5) is 21.2 Å². The van der Waals surface area contributed by atoms with Crippen molar-refractivity contribution in [3.63, 3.8) is 0 Å². The summed E-state index contributed by atoms with van der Waals surface area (Å²) < 4.78 is 5.21. The number of H-pyrrole nitrogens is 1. The fraction of sp³-hybridized carbons (Fsp3) is 0.130. The van der Waals surface area contributed by atoms with Gasteiger partial charge in [-0.25, -0.2) is 14.6 Å². The van der Waals surface area contributed by atoms with Crippen LogP contribution in [0.1, 0.15) is 24.1 Å². The first-order valence-electron chi connectivity index (χ1n) is 10.0. The smallest absolute Gasteiger partial charge is 0.413 e. The number of hydrogen-bond acceptors (Lipinski definition) is 5. The first-order valence-corrected chi connectivity index (χ1v) is 10.0. The summed E-state index contributed by atoms with van der Waals surface area (Å²) in [5, 5.41) is 15.7. The molecule has 1 atom stereocenters. The van der Waals surface area contributed by atoms with E-state index in [9.17, 15) is 9.59 Å². The average molecular weight is 430 g/mol. The highest BCUT2D eigenvalue weighted by atomic mass is 16.5. The maximum absolute atomic E-state index is 12.3. The number of aromatic amines is 1. The van der Waals surface area contributed by atoms with Crippen molar-refractivity contribution in [2.45, 2.75) is 19.6 Å². The van der Waals surface area contributed by atoms with Gasteiger partial charge in [-0.3, -0.25) is 15.7 Å². The van der Waals surface area contributed by atoms with Gasteiger partial charge in [0, 0.05) is 12.3 Å². The van der Waals surface area contributed by atoms with E-state index < -0.39 is 6.09 Å². The number of ether oxygens (including phenoxy) is 1. The fourth-order valence-corrected chi connectivity index (χ4v) is 3.11. The Bertz CT molecular complexity index is 1210. The Balaban J connectivity index is 1.35. The maximum atomic E-state index is 12.3. The zero-order valence-corrected chi connectivity index (χ0v) is 17.3. The summed E-state index contributed by atoms with van der Waals surface area (Å²) in [7, 11) is 0. The molecule has 0 saturated heterocycles. The lowest BCUT2D eigenvalue weighted by molar-refractivity contribution is 0.155. The van der Waals surface area contributed by atoms with Crippen molar-refractivity contribution >= 4 is 34.7 Å². The van der Waals surface area contributed by atoms with Gasteiger partial charge in [-0.1, -0.05) is 60.7 Å². The summed E-state index contributed by atoms with van der Waals surface area (Å²) in [6.45, 7) is 2.05. The van der Waals surface area contributed by atoms with Crippen LogP contribution in [-0.4, -0.2) is 27.3 Å². The Kier molecular flexibility index (Phi) is 6.26. The van der Waals surface area contributed by atoms with E-state index in [1.54, 1.807) is 6.07 Å². The number of pyridine rings is 1. The van der Waals surface area contributed by atoms with Crippen LogP contribution in [0.3, 0.4) is 0 Å². The van der Waals surface area contributed by atoms with Gasteiger partial charge in [0.15, 0.2) is 5.82 Å². The third-order valence-corrected chi connectivity index (χ3v) is 4.77. The molecule has 4 rings (SSSR count). The third-order valence-electron chi connectivity index (χ3n) is 4.77. The molecule has 2 aromatic heterocycles. The molecule has 0 spiro atoms. The zero-order chi connectivity index (χ0) is 22.3. The highest BCUT2D eigenvalue weighted by molar-refractivity contribution is 5.98. The van der Waals surface area contributed by atoms with Crippen LogP contribution in [0.2, 0.25) is 0 Å². The van der Waals surface area contributed by atoms with Crippen molar-refractivity contribution in [1.82, 2.24) is 20.5 Å². The van der Waals surface area contributed by atoms with Crippen molar-refractivity contribution in [3.8, 4) is 0 Å². The summed E-state index contributed by atoms with van der Waals surface area (Å²) in [5.41, 5.74) is 2.48. The molecule has 0 aliphatic rings. The van der Waals surface area contributed by atoms with E-state index in [4.69, 9.17) is 4.74 Å². The summed E-state index contributed by atoms with van der Waals surface area (Å²) in [4.78, 5) is 28.6. The molecule has 4 aromatic rings. The second kappa shape index (κ2) is 9.61. The van der Waals surface area contributed by atoms with Gasteiger partial charge in [-0.15, -0.1) is 0 Å². The molecule has 0 aliphatic heterocycles. The molecule has 2 aromatic carbocycles. The van der Waals surface area contributed by atoms with Crippen LogP contribution in [0, 0.1) is 0 Å². The number of nitrogens with one attached hydrogen (secondary N) is 4. The molecule has 0 saturated carbocycles. The van der Waals surface area contributed by atoms with Gasteiger partial charge in [0.05, 0.1) is 16.9 Å². The molecular weight excluding hydrogens is 408 g/mol. The predicted molar refractivity (Wildman–Crippen MR) is 121 cm³/mol. The van der Waals surface area contributed by atoms with Gasteiger partial charge in [0.1, 0.15) is 12.4 Å². The number of urea groups is 1. The van der Waals surface area contributed by atoms with E-state index in [1.165, 1.54) is 6.20 Å². The number of carbonyl (C=O) groups is 2. The number of hydrogen-bond donors (Lipinski definition) is 4. The number of amides is 3. The highest BCUT2D eigenvalue weighted by Gasteiger charge is 2.14. The van der Waals surface area contributed by atoms with Crippen molar-refractivity contribution in [1.29, 1.82) is 0 Å². The molecule has 0 radical (unpaired) electrons. The second-order valence-corrected chi connectivity index (χ2v) is 7.10. The van der Waals surface area contributed by atoms with Gasteiger partial charge in [-0.05, 0) is 18.1 Å². The first-order chi connectivity index (χ1) is 15.6. The molecule has 0 unspecified atom stereocenters. The second-order valence-electron chi connectivity index (χ2n) is 7.10. The molecule has 9 nitrogen and oxygen atoms in total. The Labute approximate surface area is 184 Å². The number of aromatic nitrogens is 3. The first kappa shape index (κ1) is 20.9. The SMILES string of the molecule is C[C@@H](NC(=O)Nc1cc2[nH]nc(NC(=O)OCc3ccccc3)c2cn1)c1ccccc1. The average Bonchev–Trinajstić information content (AvgIpc) is 3.20. The number of fused-ring (bicyclic) bond motifs is 1. The van der Waals surface area contributed by atoms with Crippen LogP contribution < -0.4 is 16.0 Å². The molecule has 9 heteroatoms. The minimum atomic E-state index is -0.626. The highest BCUT2D eigenvalue weighted by Crippen LogP contribution is 2.22. The lowest BCUT2D eigenvalue weighted by Gasteiger charge is -2.14. The quantitative estimate of drug-likeness (QED) is 0.356. The predicted octanol–water partition coefficient (Wildman–Crippen LogP) is 4.59. The minimum Gasteiger partial charge on any atom is -0.444 e. The number of rotatable bonds is 6. The Morgan fingerprint density at radius 3 is 2.50 bits per heavy atom. The van der Waals surface area contributed by atoms with Gasteiger partial charge >= 0.3 is 12.1 Å². The van der Waals surface area contributed by atoms with E-state index in [2.05, 4.69) is 31.1 Å². The molecule has 162 valence electrons. The Hall–Kier alpha value is -4.40. The standard InChI is InChI=1S/C23H22N6O3/c1-15(17-10-6-3-7-11-17)25-22(30)26-20-12-19-18(13-24-20)21(29-28-19)27-23(31)32-14-16-8-4-2-5-9-16/h2-13,15H,14H2,1H3,(H2,24,25,26,30)(H2,27,28,29,31)/t15-/m1/s1. The number of benzene rings is 2. The van der Waals surface area contributed by atoms with Crippen LogP contribution >= 0.6 is 0 Å². The van der Waals surface area contributed by atoms with Crippen molar-refractivity contribution < 1.29 is 14.3 Å². The van der Waals surface area contributed by atoms with Crippen LogP contribution in [0.15, 0.2) is 72.9 Å². The minimum absolute atomic E-state index is 0.151. The van der Waals surface area contributed by atoms with Crippen molar-refractivity contribution in [2.75, 3.05) is 10.6 Å². The van der Waals surface area contributed by atoms with Crippen LogP contribution in [0.5, 0.6) is 0 Å². The zero-order valence-electron chi connectivity index (χ0n) is 17.3. The third kappa shape index (κ3) is 5.20. The largest absolute Gasteiger partial charge is 0.444 e. The molecule has 3 amide bonds. The Morgan fingerprint density at radius 1 is 1.03 bits per heavy atom. The lowest BCUT2D eigenvalue weighted by atomic mass is 10.1. The molecule has 0 fully saturated rings. The maximum Gasteiger partial charge on any atom is 0.413 e.